The van der Waals surface area contributed by atoms with Crippen molar-refractivity contribution >= 4 is 17.4 Å². The topological polar surface area (TPSA) is 76.7 Å². The number of nitrogen functional groups attached to an aromatic ring is 1. The van der Waals surface area contributed by atoms with Crippen molar-refractivity contribution in [1.29, 1.82) is 0 Å². The molecule has 20 heavy (non-hydrogen) atoms. The van der Waals surface area contributed by atoms with Crippen LogP contribution in [0, 0.1) is 5.41 Å². The highest BCUT2D eigenvalue weighted by Crippen LogP contribution is 2.28. The number of hydrogen-bond acceptors (Lipinski definition) is 4. The molecule has 1 amide bonds. The van der Waals surface area contributed by atoms with Crippen LogP contribution in [-0.2, 0) is 16.1 Å². The highest BCUT2D eigenvalue weighted by molar-refractivity contribution is 5.99. The molecule has 3 N–H and O–H groups in total. The number of nitrogens with one attached hydrogen (secondary N) is 1. The summed E-state index contributed by atoms with van der Waals surface area (Å²) in [6, 6.07) is 7.27. The van der Waals surface area contributed by atoms with Crippen LogP contribution in [0.2, 0.25) is 0 Å². The average Bonchev–Trinajstić information content (AvgIpc) is 2.80. The number of anilines is 1. The molecule has 1 aromatic carbocycles. The van der Waals surface area contributed by atoms with Crippen molar-refractivity contribution in [2.24, 2.45) is 10.6 Å². The van der Waals surface area contributed by atoms with E-state index in [1.807, 2.05) is 12.1 Å². The van der Waals surface area contributed by atoms with Crippen LogP contribution in [0.1, 0.15) is 32.8 Å². The lowest BCUT2D eigenvalue weighted by molar-refractivity contribution is -0.119. The molecule has 0 aromatic heterocycles. The zero-order chi connectivity index (χ0) is 14.8. The molecule has 1 unspecified atom stereocenters. The molecule has 0 spiro atoms. The molecule has 1 atom stereocenters. The van der Waals surface area contributed by atoms with Gasteiger partial charge < -0.3 is 15.9 Å². The lowest BCUT2D eigenvalue weighted by Crippen LogP contribution is -2.34. The number of oxime groups is 1. The molecule has 1 aliphatic rings. The quantitative estimate of drug-likeness (QED) is 0.811. The zero-order valence-electron chi connectivity index (χ0n) is 12.1. The van der Waals surface area contributed by atoms with E-state index in [0.717, 1.165) is 5.56 Å². The summed E-state index contributed by atoms with van der Waals surface area (Å²) in [5, 5.41) is 6.74. The van der Waals surface area contributed by atoms with Crippen LogP contribution in [-0.4, -0.2) is 17.8 Å². The van der Waals surface area contributed by atoms with Crippen molar-refractivity contribution in [3.05, 3.63) is 29.8 Å². The third kappa shape index (κ3) is 3.73. The second-order valence-electron chi connectivity index (χ2n) is 6.17. The van der Waals surface area contributed by atoms with E-state index in [1.54, 1.807) is 12.1 Å². The van der Waals surface area contributed by atoms with Crippen LogP contribution in [0.15, 0.2) is 29.4 Å². The molecule has 5 heteroatoms. The van der Waals surface area contributed by atoms with Gasteiger partial charge in [0.1, 0.15) is 6.10 Å². The van der Waals surface area contributed by atoms with E-state index in [4.69, 9.17) is 10.6 Å². The van der Waals surface area contributed by atoms with E-state index >= 15 is 0 Å². The first-order valence-electron chi connectivity index (χ1n) is 6.71. The van der Waals surface area contributed by atoms with Crippen LogP contribution in [0.25, 0.3) is 0 Å². The van der Waals surface area contributed by atoms with Crippen molar-refractivity contribution in [1.82, 2.24) is 5.32 Å². The third-order valence-electron chi connectivity index (χ3n) is 3.26. The fourth-order valence-electron chi connectivity index (χ4n) is 1.94. The summed E-state index contributed by atoms with van der Waals surface area (Å²) in [5.74, 6) is 0.511. The first-order valence-corrected chi connectivity index (χ1v) is 6.71. The molecule has 0 saturated heterocycles. The molecule has 0 radical (unpaired) electrons. The molecule has 5 nitrogen and oxygen atoms in total. The van der Waals surface area contributed by atoms with Crippen LogP contribution >= 0.6 is 0 Å². The van der Waals surface area contributed by atoms with E-state index in [2.05, 4.69) is 31.2 Å². The van der Waals surface area contributed by atoms with Gasteiger partial charge in [-0.05, 0) is 17.7 Å². The minimum atomic E-state index is -0.0910. The summed E-state index contributed by atoms with van der Waals surface area (Å²) in [5.41, 5.74) is 7.23. The Morgan fingerprint density at radius 1 is 1.40 bits per heavy atom. The summed E-state index contributed by atoms with van der Waals surface area (Å²) in [4.78, 5) is 17.3. The van der Waals surface area contributed by atoms with Gasteiger partial charge in [-0.1, -0.05) is 38.1 Å². The highest BCUT2D eigenvalue weighted by Gasteiger charge is 2.32. The maximum Gasteiger partial charge on any atom is 0.229 e. The summed E-state index contributed by atoms with van der Waals surface area (Å²) < 4.78 is 0. The number of amides is 1. The summed E-state index contributed by atoms with van der Waals surface area (Å²) in [6.07, 6.45) is 0.950. The Hall–Kier alpha value is -2.04. The van der Waals surface area contributed by atoms with Crippen molar-refractivity contribution in [3.8, 4) is 0 Å². The molecule has 1 aromatic rings. The lowest BCUT2D eigenvalue weighted by Gasteiger charge is -2.23. The van der Waals surface area contributed by atoms with Gasteiger partial charge in [0.15, 0.2) is 5.84 Å². The number of nitrogens with zero attached hydrogens (tertiary/aromatic N) is 1. The largest absolute Gasteiger partial charge is 0.399 e. The van der Waals surface area contributed by atoms with Gasteiger partial charge >= 0.3 is 0 Å². The van der Waals surface area contributed by atoms with Crippen molar-refractivity contribution in [2.75, 3.05) is 5.73 Å². The van der Waals surface area contributed by atoms with E-state index in [1.165, 1.54) is 0 Å². The summed E-state index contributed by atoms with van der Waals surface area (Å²) in [6.45, 7) is 6.27. The number of carbonyl (C=O) groups excluding carboxylic acids is 1. The van der Waals surface area contributed by atoms with E-state index in [0.29, 0.717) is 24.4 Å². The predicted molar refractivity (Wildman–Crippen MR) is 79.1 cm³/mol. The number of amidine groups is 1. The van der Waals surface area contributed by atoms with Crippen LogP contribution < -0.4 is 11.1 Å². The Kier molecular flexibility index (Phi) is 3.97. The number of nitrogens with two attached hydrogens (primary N) is 1. The molecule has 1 heterocycles. The third-order valence-corrected chi connectivity index (χ3v) is 3.26. The van der Waals surface area contributed by atoms with Gasteiger partial charge in [-0.3, -0.25) is 4.79 Å². The van der Waals surface area contributed by atoms with Gasteiger partial charge in [-0.25, -0.2) is 0 Å². The number of benzene rings is 1. The molecule has 1 aliphatic heterocycles. The van der Waals surface area contributed by atoms with Gasteiger partial charge in [0, 0.05) is 17.5 Å². The minimum absolute atomic E-state index is 0.00688. The van der Waals surface area contributed by atoms with Crippen molar-refractivity contribution < 1.29 is 9.63 Å². The smallest absolute Gasteiger partial charge is 0.229 e. The van der Waals surface area contributed by atoms with Crippen LogP contribution in [0.4, 0.5) is 5.69 Å². The second-order valence-corrected chi connectivity index (χ2v) is 6.17. The van der Waals surface area contributed by atoms with E-state index in [9.17, 15) is 4.79 Å². The fraction of sp³-hybridized carbons (Fsp3) is 0.467. The standard InChI is InChI=1S/C15H21N3O2/c1-15(2,3)12-9-13(18-20-12)17-14(19)8-10-4-6-11(16)7-5-10/h4-7,12H,8-9,16H2,1-3H3,(H,17,18,19). The number of hydrogen-bond donors (Lipinski definition) is 2. The SMILES string of the molecule is CC(C)(C)C1CC(NC(=O)Cc2ccc(N)cc2)=NO1. The Balaban J connectivity index is 1.85. The van der Waals surface area contributed by atoms with Gasteiger partial charge in [0.25, 0.3) is 0 Å². The maximum absolute atomic E-state index is 11.9. The maximum atomic E-state index is 11.9. The normalized spacial score (nSPS) is 18.4. The minimum Gasteiger partial charge on any atom is -0.399 e. The molecular weight excluding hydrogens is 254 g/mol. The molecule has 2 rings (SSSR count). The van der Waals surface area contributed by atoms with Gasteiger partial charge in [-0.2, -0.15) is 0 Å². The Morgan fingerprint density at radius 3 is 2.60 bits per heavy atom. The molecule has 0 aliphatic carbocycles. The first kappa shape index (κ1) is 14.4. The number of rotatable bonds is 2. The van der Waals surface area contributed by atoms with E-state index in [-0.39, 0.29) is 17.4 Å². The molecule has 0 fully saturated rings. The summed E-state index contributed by atoms with van der Waals surface area (Å²) in [7, 11) is 0. The lowest BCUT2D eigenvalue weighted by atomic mass is 9.87. The number of carbonyl (C=O) groups is 1. The Morgan fingerprint density at radius 2 is 2.05 bits per heavy atom. The van der Waals surface area contributed by atoms with Gasteiger partial charge in [0.2, 0.25) is 5.91 Å². The van der Waals surface area contributed by atoms with Crippen LogP contribution in [0.3, 0.4) is 0 Å². The van der Waals surface area contributed by atoms with Crippen molar-refractivity contribution in [2.45, 2.75) is 39.7 Å². The zero-order valence-corrected chi connectivity index (χ0v) is 12.1. The van der Waals surface area contributed by atoms with Crippen molar-refractivity contribution in [3.63, 3.8) is 0 Å². The predicted octanol–water partition coefficient (Wildman–Crippen LogP) is 2.08. The monoisotopic (exact) mass is 275 g/mol. The van der Waals surface area contributed by atoms with Crippen LogP contribution in [0.5, 0.6) is 0 Å². The van der Waals surface area contributed by atoms with E-state index < -0.39 is 0 Å². The Bertz CT molecular complexity index is 515. The molecular formula is C15H21N3O2. The molecule has 0 bridgehead atoms. The Labute approximate surface area is 119 Å². The first-order chi connectivity index (χ1) is 9.34. The fourth-order valence-corrected chi connectivity index (χ4v) is 1.94. The molecule has 0 saturated carbocycles. The van der Waals surface area contributed by atoms with Gasteiger partial charge in [0.05, 0.1) is 6.42 Å². The second kappa shape index (κ2) is 5.53. The molecule has 108 valence electrons. The van der Waals surface area contributed by atoms with Gasteiger partial charge in [-0.15, -0.1) is 0 Å². The highest BCUT2D eigenvalue weighted by atomic mass is 16.6. The summed E-state index contributed by atoms with van der Waals surface area (Å²) >= 11 is 0. The average molecular weight is 275 g/mol.